The van der Waals surface area contributed by atoms with Gasteiger partial charge in [0.2, 0.25) is 0 Å². The number of fused-ring (bicyclic) bond motifs is 2. The minimum Gasteiger partial charge on any atom is -0.480 e. The van der Waals surface area contributed by atoms with Crippen molar-refractivity contribution < 1.29 is 19.4 Å². The minimum absolute atomic E-state index is 0.0196. The third kappa shape index (κ3) is 3.40. The Balaban J connectivity index is 1.62. The molecule has 140 valence electrons. The number of carbonyl (C=O) groups excluding carboxylic acids is 1. The maximum atomic E-state index is 12.9. The van der Waals surface area contributed by atoms with Crippen molar-refractivity contribution in [3.05, 3.63) is 65.7 Å². The standard InChI is InChI=1S/C21H22N2O4/c24-19(25)15-22-12-10-21(11-13-22)17-8-4-5-9-18(17)23(20(26)27-21)14-16-6-2-1-3-7-16/h1-9H,10-15H2,(H,24,25). The van der Waals surface area contributed by atoms with Crippen molar-refractivity contribution in [2.45, 2.75) is 25.0 Å². The first-order valence-electron chi connectivity index (χ1n) is 9.15. The number of likely N-dealkylation sites (tertiary alicyclic amines) is 1. The molecule has 0 saturated carbocycles. The Bertz CT molecular complexity index is 844. The summed E-state index contributed by atoms with van der Waals surface area (Å²) in [7, 11) is 0. The van der Waals surface area contributed by atoms with E-state index in [1.54, 1.807) is 4.90 Å². The number of amides is 1. The van der Waals surface area contributed by atoms with Crippen LogP contribution in [0.5, 0.6) is 0 Å². The Morgan fingerprint density at radius 2 is 1.70 bits per heavy atom. The Hall–Kier alpha value is -2.86. The number of rotatable bonds is 4. The number of hydrogen-bond acceptors (Lipinski definition) is 4. The molecule has 0 unspecified atom stereocenters. The molecule has 2 aromatic carbocycles. The van der Waals surface area contributed by atoms with E-state index >= 15 is 0 Å². The Morgan fingerprint density at radius 3 is 2.41 bits per heavy atom. The summed E-state index contributed by atoms with van der Waals surface area (Å²) in [5, 5.41) is 9.01. The number of carboxylic acids is 1. The van der Waals surface area contributed by atoms with E-state index in [2.05, 4.69) is 0 Å². The van der Waals surface area contributed by atoms with Crippen LogP contribution in [0.25, 0.3) is 0 Å². The summed E-state index contributed by atoms with van der Waals surface area (Å²) < 4.78 is 5.99. The van der Waals surface area contributed by atoms with Crippen LogP contribution in [0.15, 0.2) is 54.6 Å². The first-order valence-corrected chi connectivity index (χ1v) is 9.15. The number of carboxylic acid groups (broad SMARTS) is 1. The van der Waals surface area contributed by atoms with E-state index in [0.717, 1.165) is 16.8 Å². The van der Waals surface area contributed by atoms with E-state index in [1.165, 1.54) is 0 Å². The van der Waals surface area contributed by atoms with Crippen LogP contribution in [0.1, 0.15) is 24.0 Å². The zero-order valence-corrected chi connectivity index (χ0v) is 15.0. The number of para-hydroxylation sites is 1. The number of hydrogen-bond donors (Lipinski definition) is 1. The van der Waals surface area contributed by atoms with Gasteiger partial charge >= 0.3 is 12.1 Å². The van der Waals surface area contributed by atoms with E-state index in [-0.39, 0.29) is 12.6 Å². The smallest absolute Gasteiger partial charge is 0.415 e. The fourth-order valence-electron chi connectivity index (χ4n) is 4.02. The van der Waals surface area contributed by atoms with Crippen molar-refractivity contribution in [1.82, 2.24) is 4.90 Å². The normalized spacial score (nSPS) is 18.8. The van der Waals surface area contributed by atoms with Gasteiger partial charge in [0.15, 0.2) is 0 Å². The van der Waals surface area contributed by atoms with E-state index in [1.807, 2.05) is 59.5 Å². The Labute approximate surface area is 158 Å². The highest BCUT2D eigenvalue weighted by Gasteiger charge is 2.46. The number of aliphatic carboxylic acids is 1. The maximum Gasteiger partial charge on any atom is 0.415 e. The summed E-state index contributed by atoms with van der Waals surface area (Å²) in [4.78, 5) is 27.4. The van der Waals surface area contributed by atoms with Crippen LogP contribution in [0.4, 0.5) is 10.5 Å². The number of anilines is 1. The molecule has 0 aliphatic carbocycles. The van der Waals surface area contributed by atoms with Crippen LogP contribution in [0.3, 0.4) is 0 Å². The topological polar surface area (TPSA) is 70.1 Å². The van der Waals surface area contributed by atoms with Gasteiger partial charge in [0.25, 0.3) is 0 Å². The zero-order chi connectivity index (χ0) is 18.9. The Kier molecular flexibility index (Phi) is 4.58. The maximum absolute atomic E-state index is 12.9. The highest BCUT2D eigenvalue weighted by atomic mass is 16.6. The molecule has 2 aromatic rings. The number of piperidine rings is 1. The molecular weight excluding hydrogens is 344 g/mol. The second-order valence-electron chi connectivity index (χ2n) is 7.12. The molecule has 2 heterocycles. The molecule has 1 amide bonds. The second kappa shape index (κ2) is 7.04. The summed E-state index contributed by atoms with van der Waals surface area (Å²) in [6.45, 7) is 1.66. The van der Waals surface area contributed by atoms with Crippen LogP contribution < -0.4 is 4.90 Å². The van der Waals surface area contributed by atoms with Crippen LogP contribution in [0, 0.1) is 0 Å². The third-order valence-electron chi connectivity index (χ3n) is 5.39. The fraction of sp³-hybridized carbons (Fsp3) is 0.333. The molecule has 6 heteroatoms. The molecule has 1 N–H and O–H groups in total. The van der Waals surface area contributed by atoms with Crippen molar-refractivity contribution in [3.8, 4) is 0 Å². The SMILES string of the molecule is O=C(O)CN1CCC2(CC1)OC(=O)N(Cc1ccccc1)c1ccccc12. The number of nitrogens with zero attached hydrogens (tertiary/aromatic N) is 2. The molecule has 0 atom stereocenters. The molecule has 1 spiro atoms. The van der Waals surface area contributed by atoms with E-state index in [0.29, 0.717) is 32.5 Å². The predicted molar refractivity (Wildman–Crippen MR) is 101 cm³/mol. The van der Waals surface area contributed by atoms with E-state index in [4.69, 9.17) is 9.84 Å². The van der Waals surface area contributed by atoms with Crippen molar-refractivity contribution >= 4 is 17.7 Å². The van der Waals surface area contributed by atoms with Crippen molar-refractivity contribution in [2.24, 2.45) is 0 Å². The molecular formula is C21H22N2O4. The summed E-state index contributed by atoms with van der Waals surface area (Å²) in [5.41, 5.74) is 2.26. The van der Waals surface area contributed by atoms with Crippen LogP contribution in [-0.4, -0.2) is 41.7 Å². The third-order valence-corrected chi connectivity index (χ3v) is 5.39. The molecule has 2 aliphatic rings. The molecule has 4 rings (SSSR count). The molecule has 0 bridgehead atoms. The molecule has 27 heavy (non-hydrogen) atoms. The van der Waals surface area contributed by atoms with Crippen molar-refractivity contribution in [1.29, 1.82) is 0 Å². The van der Waals surface area contributed by atoms with Gasteiger partial charge in [-0.1, -0.05) is 48.5 Å². The lowest BCUT2D eigenvalue weighted by atomic mass is 9.82. The van der Waals surface area contributed by atoms with Gasteiger partial charge in [-0.25, -0.2) is 4.79 Å². The average molecular weight is 366 g/mol. The molecule has 2 aliphatic heterocycles. The molecule has 1 saturated heterocycles. The van der Waals surface area contributed by atoms with E-state index < -0.39 is 11.6 Å². The molecule has 1 fully saturated rings. The van der Waals surface area contributed by atoms with Gasteiger partial charge in [-0.05, 0) is 11.6 Å². The minimum atomic E-state index is -0.832. The van der Waals surface area contributed by atoms with Crippen molar-refractivity contribution in [3.63, 3.8) is 0 Å². The van der Waals surface area contributed by atoms with Gasteiger partial charge in [0.1, 0.15) is 5.60 Å². The van der Waals surface area contributed by atoms with Gasteiger partial charge < -0.3 is 9.84 Å². The lowest BCUT2D eigenvalue weighted by molar-refractivity contribution is -0.139. The fourth-order valence-corrected chi connectivity index (χ4v) is 4.02. The number of carbonyl (C=O) groups is 2. The zero-order valence-electron chi connectivity index (χ0n) is 15.0. The Morgan fingerprint density at radius 1 is 1.04 bits per heavy atom. The lowest BCUT2D eigenvalue weighted by Gasteiger charge is -2.46. The molecule has 0 aromatic heterocycles. The molecule has 6 nitrogen and oxygen atoms in total. The largest absolute Gasteiger partial charge is 0.480 e. The predicted octanol–water partition coefficient (Wildman–Crippen LogP) is 3.22. The summed E-state index contributed by atoms with van der Waals surface area (Å²) >= 11 is 0. The highest BCUT2D eigenvalue weighted by molar-refractivity contribution is 5.91. The highest BCUT2D eigenvalue weighted by Crippen LogP contribution is 2.45. The van der Waals surface area contributed by atoms with E-state index in [9.17, 15) is 9.59 Å². The first kappa shape index (κ1) is 17.5. The summed E-state index contributed by atoms with van der Waals surface area (Å²) in [6.07, 6.45) is 0.856. The monoisotopic (exact) mass is 366 g/mol. The van der Waals surface area contributed by atoms with Gasteiger partial charge in [-0.2, -0.15) is 0 Å². The van der Waals surface area contributed by atoms with Crippen LogP contribution >= 0.6 is 0 Å². The number of ether oxygens (including phenoxy) is 1. The van der Waals surface area contributed by atoms with Crippen molar-refractivity contribution in [2.75, 3.05) is 24.5 Å². The van der Waals surface area contributed by atoms with Crippen LogP contribution in [-0.2, 0) is 21.7 Å². The second-order valence-corrected chi connectivity index (χ2v) is 7.12. The summed E-state index contributed by atoms with van der Waals surface area (Å²) in [6, 6.07) is 17.7. The quantitative estimate of drug-likeness (QED) is 0.900. The van der Waals surface area contributed by atoms with Crippen LogP contribution in [0.2, 0.25) is 0 Å². The number of benzene rings is 2. The lowest BCUT2D eigenvalue weighted by Crippen LogP contribution is -2.51. The van der Waals surface area contributed by atoms with Gasteiger partial charge in [0, 0.05) is 31.5 Å². The van der Waals surface area contributed by atoms with Gasteiger partial charge in [-0.15, -0.1) is 0 Å². The first-order chi connectivity index (χ1) is 13.1. The van der Waals surface area contributed by atoms with Gasteiger partial charge in [0.05, 0.1) is 18.8 Å². The summed E-state index contributed by atoms with van der Waals surface area (Å²) in [5.74, 6) is -0.832. The van der Waals surface area contributed by atoms with Gasteiger partial charge in [-0.3, -0.25) is 14.6 Å². The average Bonchev–Trinajstić information content (AvgIpc) is 2.67. The molecule has 0 radical (unpaired) electrons.